The minimum absolute atomic E-state index is 0.109. The third-order valence-corrected chi connectivity index (χ3v) is 8.95. The summed E-state index contributed by atoms with van der Waals surface area (Å²) in [7, 11) is 0. The molecular formula is C18H18O6S3. The SMILES string of the molecule is C1COC2=C(CSC2c2sc(C3SCC4=C3OCCO4)c3c2OCCO3)O1. The van der Waals surface area contributed by atoms with Gasteiger partial charge in [-0.25, -0.2) is 0 Å². The maximum Gasteiger partial charge on any atom is 0.177 e. The summed E-state index contributed by atoms with van der Waals surface area (Å²) in [6.07, 6.45) is 0. The van der Waals surface area contributed by atoms with Gasteiger partial charge in [-0.15, -0.1) is 34.9 Å². The average Bonchev–Trinajstić information content (AvgIpc) is 3.42. The molecule has 0 aliphatic carbocycles. The van der Waals surface area contributed by atoms with Gasteiger partial charge < -0.3 is 28.4 Å². The van der Waals surface area contributed by atoms with Crippen LogP contribution in [0.25, 0.3) is 0 Å². The van der Waals surface area contributed by atoms with Crippen LogP contribution in [-0.2, 0) is 18.9 Å². The monoisotopic (exact) mass is 426 g/mol. The van der Waals surface area contributed by atoms with Gasteiger partial charge in [0.2, 0.25) is 0 Å². The van der Waals surface area contributed by atoms with E-state index >= 15 is 0 Å². The number of fused-ring (bicyclic) bond motifs is 1. The molecule has 5 aliphatic heterocycles. The number of thiophene rings is 1. The second-order valence-electron chi connectivity index (χ2n) is 6.54. The number of ether oxygens (including phenoxy) is 6. The van der Waals surface area contributed by atoms with Gasteiger partial charge in [-0.05, 0) is 0 Å². The molecule has 0 N–H and O–H groups in total. The molecule has 0 saturated heterocycles. The maximum absolute atomic E-state index is 6.08. The van der Waals surface area contributed by atoms with Gasteiger partial charge >= 0.3 is 0 Å². The molecule has 2 atom stereocenters. The van der Waals surface area contributed by atoms with Gasteiger partial charge in [0.15, 0.2) is 23.0 Å². The highest BCUT2D eigenvalue weighted by Gasteiger charge is 2.42. The maximum atomic E-state index is 6.08. The van der Waals surface area contributed by atoms with Gasteiger partial charge in [-0.1, -0.05) is 0 Å². The fourth-order valence-electron chi connectivity index (χ4n) is 3.81. The standard InChI is InChI=1S/C18H18O6S3/c1-3-21-11-9(19-1)7-25-15(11)17-13-14(24-6-5-23-13)18(27-17)16-12-10(8-26-16)20-2-4-22-12/h15-16H,1-8H2. The van der Waals surface area contributed by atoms with Crippen LogP contribution in [0.4, 0.5) is 0 Å². The van der Waals surface area contributed by atoms with Crippen LogP contribution in [-0.4, -0.2) is 51.1 Å². The number of thioether (sulfide) groups is 2. The van der Waals surface area contributed by atoms with E-state index in [-0.39, 0.29) is 10.5 Å². The summed E-state index contributed by atoms with van der Waals surface area (Å²) >= 11 is 5.41. The van der Waals surface area contributed by atoms with E-state index in [1.54, 1.807) is 11.3 Å². The van der Waals surface area contributed by atoms with E-state index in [9.17, 15) is 0 Å². The van der Waals surface area contributed by atoms with Crippen LogP contribution in [0.3, 0.4) is 0 Å². The lowest BCUT2D eigenvalue weighted by Gasteiger charge is -2.22. The Labute approximate surface area is 169 Å². The van der Waals surface area contributed by atoms with Crippen LogP contribution in [0.1, 0.15) is 20.3 Å². The van der Waals surface area contributed by atoms with Crippen LogP contribution >= 0.6 is 34.9 Å². The van der Waals surface area contributed by atoms with Crippen molar-refractivity contribution in [2.75, 3.05) is 51.1 Å². The Balaban J connectivity index is 1.42. The van der Waals surface area contributed by atoms with Gasteiger partial charge in [0.1, 0.15) is 61.7 Å². The second-order valence-corrected chi connectivity index (χ2v) is 9.81. The lowest BCUT2D eigenvalue weighted by Crippen LogP contribution is -2.17. The quantitative estimate of drug-likeness (QED) is 0.711. The van der Waals surface area contributed by atoms with Gasteiger partial charge in [0.25, 0.3) is 0 Å². The van der Waals surface area contributed by atoms with Crippen molar-refractivity contribution >= 4 is 34.9 Å². The summed E-state index contributed by atoms with van der Waals surface area (Å²) in [4.78, 5) is 2.32. The molecule has 0 radical (unpaired) electrons. The Bertz CT molecular complexity index is 778. The van der Waals surface area contributed by atoms with E-state index in [1.165, 1.54) is 0 Å². The molecule has 0 spiro atoms. The Hall–Kier alpha value is -1.32. The Morgan fingerprint density at radius 1 is 0.556 bits per heavy atom. The Morgan fingerprint density at radius 2 is 1.00 bits per heavy atom. The molecule has 0 amide bonds. The van der Waals surface area contributed by atoms with Crippen molar-refractivity contribution in [1.82, 2.24) is 0 Å². The van der Waals surface area contributed by atoms with E-state index in [1.807, 2.05) is 23.5 Å². The first-order valence-corrected chi connectivity index (χ1v) is 11.9. The molecular weight excluding hydrogens is 408 g/mol. The number of rotatable bonds is 2. The van der Waals surface area contributed by atoms with Crippen LogP contribution < -0.4 is 9.47 Å². The molecule has 5 aliphatic rings. The minimum Gasteiger partial charge on any atom is -0.490 e. The highest BCUT2D eigenvalue weighted by molar-refractivity contribution is 8.00. The first-order valence-electron chi connectivity index (χ1n) is 9.03. The van der Waals surface area contributed by atoms with E-state index in [0.29, 0.717) is 39.6 Å². The summed E-state index contributed by atoms with van der Waals surface area (Å²) in [5.41, 5.74) is 0. The summed E-state index contributed by atoms with van der Waals surface area (Å²) in [5, 5.41) is 0.218. The summed E-state index contributed by atoms with van der Waals surface area (Å²) in [5.74, 6) is 7.27. The molecule has 2 unspecified atom stereocenters. The fourth-order valence-corrected chi connectivity index (χ4v) is 7.96. The lowest BCUT2D eigenvalue weighted by molar-refractivity contribution is 0.0638. The van der Waals surface area contributed by atoms with Crippen LogP contribution in [0.2, 0.25) is 0 Å². The van der Waals surface area contributed by atoms with E-state index < -0.39 is 0 Å². The first-order chi connectivity index (χ1) is 13.4. The topological polar surface area (TPSA) is 55.4 Å². The van der Waals surface area contributed by atoms with Crippen molar-refractivity contribution in [2.24, 2.45) is 0 Å². The van der Waals surface area contributed by atoms with Crippen LogP contribution in [0.5, 0.6) is 11.5 Å². The van der Waals surface area contributed by atoms with Crippen molar-refractivity contribution in [3.8, 4) is 11.5 Å². The highest BCUT2D eigenvalue weighted by Crippen LogP contribution is 2.60. The normalized spacial score (nSPS) is 28.7. The highest BCUT2D eigenvalue weighted by atomic mass is 32.2. The van der Waals surface area contributed by atoms with E-state index in [4.69, 9.17) is 28.4 Å². The molecule has 0 saturated carbocycles. The number of hydrogen-bond acceptors (Lipinski definition) is 9. The molecule has 9 heteroatoms. The Kier molecular flexibility index (Phi) is 4.08. The summed E-state index contributed by atoms with van der Waals surface area (Å²) in [6.45, 7) is 3.62. The Morgan fingerprint density at radius 3 is 1.52 bits per heavy atom. The summed E-state index contributed by atoms with van der Waals surface area (Å²) < 4.78 is 35.7. The molecule has 6 rings (SSSR count). The third kappa shape index (κ3) is 2.61. The molecule has 144 valence electrons. The first kappa shape index (κ1) is 16.6. The lowest BCUT2D eigenvalue weighted by atomic mass is 10.2. The fraction of sp³-hybridized carbons (Fsp3) is 0.556. The predicted molar refractivity (Wildman–Crippen MR) is 104 cm³/mol. The average molecular weight is 427 g/mol. The van der Waals surface area contributed by atoms with Crippen molar-refractivity contribution in [3.63, 3.8) is 0 Å². The van der Waals surface area contributed by atoms with Gasteiger partial charge in [0, 0.05) is 0 Å². The zero-order valence-electron chi connectivity index (χ0n) is 14.5. The zero-order valence-corrected chi connectivity index (χ0v) is 16.9. The molecule has 0 bridgehead atoms. The zero-order chi connectivity index (χ0) is 17.8. The minimum atomic E-state index is 0.109. The van der Waals surface area contributed by atoms with Gasteiger partial charge in [-0.3, -0.25) is 0 Å². The van der Waals surface area contributed by atoms with Crippen LogP contribution in [0.15, 0.2) is 23.0 Å². The van der Waals surface area contributed by atoms with E-state index in [2.05, 4.69) is 0 Å². The molecule has 6 heterocycles. The van der Waals surface area contributed by atoms with Crippen LogP contribution in [0, 0.1) is 0 Å². The van der Waals surface area contributed by atoms with Crippen molar-refractivity contribution < 1.29 is 28.4 Å². The molecule has 1 aromatic heterocycles. The third-order valence-electron chi connectivity index (χ3n) is 4.95. The van der Waals surface area contributed by atoms with Crippen molar-refractivity contribution in [3.05, 3.63) is 32.8 Å². The molecule has 0 fully saturated rings. The van der Waals surface area contributed by atoms with Crippen molar-refractivity contribution in [1.29, 1.82) is 0 Å². The van der Waals surface area contributed by atoms with Gasteiger partial charge in [-0.2, -0.15) is 0 Å². The van der Waals surface area contributed by atoms with Gasteiger partial charge in [0.05, 0.1) is 21.3 Å². The smallest absolute Gasteiger partial charge is 0.177 e. The predicted octanol–water partition coefficient (Wildman–Crippen LogP) is 3.61. The molecule has 1 aromatic rings. The number of hydrogen-bond donors (Lipinski definition) is 0. The molecule has 0 aromatic carbocycles. The van der Waals surface area contributed by atoms with E-state index in [0.717, 1.165) is 55.8 Å². The van der Waals surface area contributed by atoms with Crippen molar-refractivity contribution in [2.45, 2.75) is 10.5 Å². The largest absolute Gasteiger partial charge is 0.490 e. The molecule has 27 heavy (non-hydrogen) atoms. The summed E-state index contributed by atoms with van der Waals surface area (Å²) in [6, 6.07) is 0. The second kappa shape index (κ2) is 6.63. The molecule has 6 nitrogen and oxygen atoms in total.